The highest BCUT2D eigenvalue weighted by Gasteiger charge is 2.46. The molecule has 0 saturated carbocycles. The zero-order valence-corrected chi connectivity index (χ0v) is 56.3. The third-order valence-electron chi connectivity index (χ3n) is 16.3. The van der Waals surface area contributed by atoms with Gasteiger partial charge in [0.1, 0.15) is 60.4 Å². The Hall–Kier alpha value is -5.87. The highest BCUT2D eigenvalue weighted by molar-refractivity contribution is 5.99. The Labute approximate surface area is 509 Å². The van der Waals surface area contributed by atoms with Crippen molar-refractivity contribution in [3.8, 4) is 0 Å². The number of hydrogen-bond donors (Lipinski definition) is 5. The Balaban J connectivity index is 4.31. The van der Waals surface area contributed by atoms with Crippen LogP contribution in [0.5, 0.6) is 0 Å². The van der Waals surface area contributed by atoms with Gasteiger partial charge in [-0.25, -0.2) is 0 Å². The number of unbranched alkanes of at least 4 members (excludes halogenated alkanes) is 1. The van der Waals surface area contributed by atoms with Gasteiger partial charge in [0.2, 0.25) is 65.0 Å². The van der Waals surface area contributed by atoms with Crippen molar-refractivity contribution in [2.75, 3.05) is 55.9 Å². The molecule has 1 rings (SSSR count). The molecule has 488 valence electrons. The van der Waals surface area contributed by atoms with E-state index in [9.17, 15) is 48.3 Å². The lowest BCUT2D eigenvalue weighted by Crippen LogP contribution is -2.63. The highest BCUT2D eigenvalue weighted by atomic mass is 16.3. The van der Waals surface area contributed by atoms with Crippen molar-refractivity contribution < 1.29 is 57.8 Å². The number of nitrogens with zero attached hydrogens (tertiary/aromatic N) is 7. The normalized spacial score (nSPS) is 26.8. The standard InChI is InChI=1S/C62H113N11O12/c1-25-27-28-40(15)52(75)51-56(79)65-43(26-2)58(81)67(18)33-48(74)68(19)44(29-34(3)4)55(78)66-49(38(11)12)61(84)69(20)45(30-35(5)6)54(77)63-41(16)53(76)64-42(17)57(80)70(21)46(31-36(7)8)59(82)71(22)47(32-37(9)10)60(83)72(23)50(39(13)14)62(85)73(51)24/h34-47,49-52,75H,25-33H2,1-24H3,(H,63,77)(H,64,76)(H,65,79)(H,66,78)/t40-,41+,42-,43+,44+,45+,46+,47+,49+,50-,51+,52-/m1/s1. The second kappa shape index (κ2) is 35.1. The van der Waals surface area contributed by atoms with Crippen LogP contribution < -0.4 is 21.3 Å². The Morgan fingerprint density at radius 3 is 1.29 bits per heavy atom. The molecule has 0 unspecified atom stereocenters. The molecule has 85 heavy (non-hydrogen) atoms. The summed E-state index contributed by atoms with van der Waals surface area (Å²) in [5, 5.41) is 23.1. The van der Waals surface area contributed by atoms with Crippen LogP contribution in [-0.2, 0) is 52.7 Å². The van der Waals surface area contributed by atoms with E-state index in [0.29, 0.717) is 12.8 Å². The predicted octanol–water partition coefficient (Wildman–Crippen LogP) is 3.49. The second-order valence-electron chi connectivity index (χ2n) is 26.4. The number of carbonyl (C=O) groups excluding carboxylic acids is 11. The van der Waals surface area contributed by atoms with E-state index >= 15 is 9.59 Å². The SMILES string of the molecule is CCCC[C@@H](C)[C@@H](O)[C@H]1C(=O)N[C@@H](CC)C(=O)N(C)CC(=O)N(C)[C@@H](CC(C)C)C(=O)N[C@@H](C(C)C)C(=O)N(C)[C@@H](CC(C)C)C(=O)N[C@@H](C)C(=O)N[C@H](C)C(=O)N(C)[C@@H](CC(C)C)C(=O)N(C)[C@@H](CC(C)C)C(=O)N(C)[C@H](C(C)C)C(=O)N1C. The van der Waals surface area contributed by atoms with E-state index in [1.165, 1.54) is 87.7 Å². The number of likely N-dealkylation sites (N-methyl/N-ethyl adjacent to an activating group) is 7. The Bertz CT molecular complexity index is 2280. The fourth-order valence-electron chi connectivity index (χ4n) is 10.9. The molecule has 12 atom stereocenters. The minimum atomic E-state index is -1.58. The van der Waals surface area contributed by atoms with Crippen LogP contribution in [0.4, 0.5) is 0 Å². The quantitative estimate of drug-likeness (QED) is 0.149. The maximum atomic E-state index is 15.1. The third kappa shape index (κ3) is 21.8. The third-order valence-corrected chi connectivity index (χ3v) is 16.3. The predicted molar refractivity (Wildman–Crippen MR) is 329 cm³/mol. The van der Waals surface area contributed by atoms with E-state index in [4.69, 9.17) is 0 Å². The van der Waals surface area contributed by atoms with Gasteiger partial charge in [0.25, 0.3) is 0 Å². The first-order valence-corrected chi connectivity index (χ1v) is 31.0. The average molecular weight is 1200 g/mol. The van der Waals surface area contributed by atoms with Crippen LogP contribution in [-0.4, -0.2) is 227 Å². The summed E-state index contributed by atoms with van der Waals surface area (Å²) < 4.78 is 0. The van der Waals surface area contributed by atoms with Crippen LogP contribution in [0.1, 0.15) is 169 Å². The molecule has 1 aliphatic rings. The number of carbonyl (C=O) groups is 11. The fourth-order valence-corrected chi connectivity index (χ4v) is 10.9. The van der Waals surface area contributed by atoms with Crippen LogP contribution in [0.25, 0.3) is 0 Å². The van der Waals surface area contributed by atoms with Crippen molar-refractivity contribution in [3.63, 3.8) is 0 Å². The number of nitrogens with one attached hydrogen (secondary N) is 4. The molecule has 0 bridgehead atoms. The van der Waals surface area contributed by atoms with Crippen LogP contribution in [0, 0.1) is 41.4 Å². The van der Waals surface area contributed by atoms with Crippen molar-refractivity contribution >= 4 is 65.0 Å². The first kappa shape index (κ1) is 77.1. The molecule has 23 nitrogen and oxygen atoms in total. The van der Waals surface area contributed by atoms with Gasteiger partial charge < -0.3 is 60.7 Å². The Morgan fingerprint density at radius 2 is 0.847 bits per heavy atom. The largest absolute Gasteiger partial charge is 0.390 e. The van der Waals surface area contributed by atoms with Gasteiger partial charge in [-0.15, -0.1) is 0 Å². The van der Waals surface area contributed by atoms with E-state index in [0.717, 1.165) is 16.2 Å². The lowest BCUT2D eigenvalue weighted by atomic mass is 9.90. The maximum Gasteiger partial charge on any atom is 0.246 e. The maximum absolute atomic E-state index is 15.1. The second-order valence-corrected chi connectivity index (χ2v) is 26.4. The molecule has 0 spiro atoms. The van der Waals surface area contributed by atoms with Crippen molar-refractivity contribution in [1.29, 1.82) is 0 Å². The molecule has 1 fully saturated rings. The zero-order chi connectivity index (χ0) is 66.0. The molecular formula is C62H113N11O12. The molecule has 1 heterocycles. The fraction of sp³-hybridized carbons (Fsp3) is 0.823. The monoisotopic (exact) mass is 1200 g/mol. The summed E-state index contributed by atoms with van der Waals surface area (Å²) in [6.07, 6.45) is 1.20. The molecule has 5 N–H and O–H groups in total. The molecule has 0 aromatic heterocycles. The lowest BCUT2D eigenvalue weighted by Gasteiger charge is -2.41. The van der Waals surface area contributed by atoms with Gasteiger partial charge in [0.15, 0.2) is 0 Å². The van der Waals surface area contributed by atoms with E-state index < -0.39 is 156 Å². The van der Waals surface area contributed by atoms with E-state index in [1.54, 1.807) is 41.5 Å². The summed E-state index contributed by atoms with van der Waals surface area (Å²) in [6, 6.07) is -12.2. The van der Waals surface area contributed by atoms with E-state index in [2.05, 4.69) is 21.3 Å². The van der Waals surface area contributed by atoms with Crippen molar-refractivity contribution in [2.24, 2.45) is 41.4 Å². The number of aliphatic hydroxyl groups excluding tert-OH is 1. The minimum Gasteiger partial charge on any atom is -0.390 e. The zero-order valence-electron chi connectivity index (χ0n) is 56.3. The summed E-state index contributed by atoms with van der Waals surface area (Å²) in [5.74, 6) is -9.50. The number of aliphatic hydroxyl groups is 1. The van der Waals surface area contributed by atoms with Crippen LogP contribution in [0.2, 0.25) is 0 Å². The van der Waals surface area contributed by atoms with Gasteiger partial charge in [-0.05, 0) is 93.8 Å². The Morgan fingerprint density at radius 1 is 0.435 bits per heavy atom. The van der Waals surface area contributed by atoms with Gasteiger partial charge >= 0.3 is 0 Å². The van der Waals surface area contributed by atoms with Gasteiger partial charge in [-0.3, -0.25) is 52.7 Å². The topological polar surface area (TPSA) is 279 Å². The highest BCUT2D eigenvalue weighted by Crippen LogP contribution is 2.26. The molecular weight excluding hydrogens is 1090 g/mol. The molecule has 0 aromatic carbocycles. The van der Waals surface area contributed by atoms with Crippen LogP contribution in [0.15, 0.2) is 0 Å². The first-order valence-electron chi connectivity index (χ1n) is 31.0. The molecule has 0 aromatic rings. The van der Waals surface area contributed by atoms with Crippen LogP contribution >= 0.6 is 0 Å². The van der Waals surface area contributed by atoms with Crippen molar-refractivity contribution in [1.82, 2.24) is 55.6 Å². The van der Waals surface area contributed by atoms with Gasteiger partial charge in [-0.1, -0.05) is 117 Å². The van der Waals surface area contributed by atoms with Crippen molar-refractivity contribution in [3.05, 3.63) is 0 Å². The van der Waals surface area contributed by atoms with E-state index in [1.807, 2.05) is 62.3 Å². The summed E-state index contributed by atoms with van der Waals surface area (Å²) in [5.41, 5.74) is 0. The average Bonchev–Trinajstić information content (AvgIpc) is 3.62. The summed E-state index contributed by atoms with van der Waals surface area (Å²) in [4.78, 5) is 169. The molecule has 11 amide bonds. The minimum absolute atomic E-state index is 0.0340. The number of rotatable bonds is 16. The Kier molecular flexibility index (Phi) is 31.8. The number of amides is 11. The molecule has 23 heteroatoms. The molecule has 1 aliphatic heterocycles. The summed E-state index contributed by atoms with van der Waals surface area (Å²) in [6.45, 7) is 29.6. The first-order chi connectivity index (χ1) is 39.2. The van der Waals surface area contributed by atoms with Gasteiger partial charge in [0.05, 0.1) is 12.6 Å². The number of hydrogen-bond acceptors (Lipinski definition) is 12. The van der Waals surface area contributed by atoms with Crippen LogP contribution in [0.3, 0.4) is 0 Å². The molecule has 0 aliphatic carbocycles. The molecule has 1 saturated heterocycles. The summed E-state index contributed by atoms with van der Waals surface area (Å²) in [7, 11) is 9.97. The molecule has 0 radical (unpaired) electrons. The smallest absolute Gasteiger partial charge is 0.246 e. The van der Waals surface area contributed by atoms with Gasteiger partial charge in [-0.2, -0.15) is 0 Å². The summed E-state index contributed by atoms with van der Waals surface area (Å²) >= 11 is 0. The van der Waals surface area contributed by atoms with Gasteiger partial charge in [0, 0.05) is 49.3 Å². The van der Waals surface area contributed by atoms with Crippen molar-refractivity contribution in [2.45, 2.75) is 236 Å². The van der Waals surface area contributed by atoms with E-state index in [-0.39, 0.29) is 55.8 Å². The lowest BCUT2D eigenvalue weighted by molar-refractivity contribution is -0.157.